The molecule has 1 aliphatic rings. The average molecular weight is 375 g/mol. The summed E-state index contributed by atoms with van der Waals surface area (Å²) < 4.78 is 10.7. The fraction of sp³-hybridized carbons (Fsp3) is 0.182. The first-order valence-electron chi connectivity index (χ1n) is 9.04. The van der Waals surface area contributed by atoms with Gasteiger partial charge in [0.25, 0.3) is 5.91 Å². The Kier molecular flexibility index (Phi) is 4.85. The Morgan fingerprint density at radius 3 is 2.75 bits per heavy atom. The number of aromatic amines is 1. The van der Waals surface area contributed by atoms with Gasteiger partial charge in [-0.1, -0.05) is 0 Å². The minimum absolute atomic E-state index is 0.0250. The van der Waals surface area contributed by atoms with Crippen molar-refractivity contribution >= 4 is 18.1 Å². The molecule has 0 fully saturated rings. The van der Waals surface area contributed by atoms with E-state index < -0.39 is 0 Å². The third-order valence-corrected chi connectivity index (χ3v) is 4.77. The summed E-state index contributed by atoms with van der Waals surface area (Å²) in [5.41, 5.74) is 5.30. The minimum atomic E-state index is -0.0250. The number of pyridine rings is 1. The Morgan fingerprint density at radius 2 is 1.96 bits per heavy atom. The van der Waals surface area contributed by atoms with Gasteiger partial charge in [0, 0.05) is 41.7 Å². The van der Waals surface area contributed by atoms with Gasteiger partial charge < -0.3 is 19.8 Å². The van der Waals surface area contributed by atoms with Crippen LogP contribution in [0.3, 0.4) is 0 Å². The number of fused-ring (bicyclic) bond motifs is 1. The molecule has 2 N–H and O–H groups in total. The molecule has 3 aromatic rings. The van der Waals surface area contributed by atoms with Crippen molar-refractivity contribution in [1.29, 1.82) is 0 Å². The summed E-state index contributed by atoms with van der Waals surface area (Å²) in [5, 5.41) is 2.87. The summed E-state index contributed by atoms with van der Waals surface area (Å²) >= 11 is 0. The van der Waals surface area contributed by atoms with Gasteiger partial charge in [-0.3, -0.25) is 9.78 Å². The lowest BCUT2D eigenvalue weighted by molar-refractivity contribution is 0.0946. The molecule has 0 spiro atoms. The lowest BCUT2D eigenvalue weighted by atomic mass is 10.1. The minimum Gasteiger partial charge on any atom is -0.497 e. The van der Waals surface area contributed by atoms with Crippen LogP contribution in [0.2, 0.25) is 0 Å². The molecule has 0 unspecified atom stereocenters. The number of hydrogen-bond donors (Lipinski definition) is 2. The Hall–Kier alpha value is -3.54. The molecule has 6 heteroatoms. The number of amides is 1. The number of H-pyrrole nitrogens is 1. The zero-order valence-corrected chi connectivity index (χ0v) is 15.8. The number of benzene rings is 1. The van der Waals surface area contributed by atoms with Crippen molar-refractivity contribution in [2.24, 2.45) is 0 Å². The van der Waals surface area contributed by atoms with Crippen molar-refractivity contribution in [3.8, 4) is 22.8 Å². The van der Waals surface area contributed by atoms with Crippen LogP contribution in [0.4, 0.5) is 0 Å². The number of carbonyl (C=O) groups is 1. The van der Waals surface area contributed by atoms with Gasteiger partial charge in [0.15, 0.2) is 0 Å². The van der Waals surface area contributed by atoms with Crippen molar-refractivity contribution in [1.82, 2.24) is 15.3 Å². The smallest absolute Gasteiger partial charge is 0.253 e. The Bertz CT molecular complexity index is 1050. The van der Waals surface area contributed by atoms with E-state index in [0.29, 0.717) is 6.54 Å². The summed E-state index contributed by atoms with van der Waals surface area (Å²) in [6, 6.07) is 11.5. The highest BCUT2D eigenvalue weighted by Crippen LogP contribution is 2.27. The number of carbonyl (C=O) groups excluding carboxylic acids is 1. The second kappa shape index (κ2) is 7.60. The van der Waals surface area contributed by atoms with Crippen LogP contribution >= 0.6 is 0 Å². The standard InChI is InChI=1S/C22H21N3O3/c1-27-17-5-6-21(28-2)15(12-17)3-4-16-11-14(7-9-23-16)20-13-18-19(25-20)8-10-24-22(18)26/h3-7,9,11-13,25H,8,10H2,1-2H3,(H,24,26)/b4-3+. The Balaban J connectivity index is 1.63. The number of nitrogens with one attached hydrogen (secondary N) is 2. The second-order valence-corrected chi connectivity index (χ2v) is 6.49. The molecule has 1 aliphatic heterocycles. The van der Waals surface area contributed by atoms with E-state index in [1.54, 1.807) is 20.4 Å². The normalized spacial score (nSPS) is 13.3. The topological polar surface area (TPSA) is 76.2 Å². The molecule has 0 saturated heterocycles. The van der Waals surface area contributed by atoms with Gasteiger partial charge in [-0.25, -0.2) is 0 Å². The summed E-state index contributed by atoms with van der Waals surface area (Å²) in [7, 11) is 3.28. The lowest BCUT2D eigenvalue weighted by Gasteiger charge is -2.10. The third-order valence-electron chi connectivity index (χ3n) is 4.77. The van der Waals surface area contributed by atoms with Crippen LogP contribution in [0.15, 0.2) is 42.6 Å². The van der Waals surface area contributed by atoms with E-state index in [1.165, 1.54) is 0 Å². The number of nitrogens with zero attached hydrogens (tertiary/aromatic N) is 1. The zero-order chi connectivity index (χ0) is 19.5. The first-order chi connectivity index (χ1) is 13.7. The molecule has 3 heterocycles. The lowest BCUT2D eigenvalue weighted by Crippen LogP contribution is -2.31. The van der Waals surface area contributed by atoms with Gasteiger partial charge in [0.1, 0.15) is 11.5 Å². The maximum absolute atomic E-state index is 12.0. The highest BCUT2D eigenvalue weighted by atomic mass is 16.5. The highest BCUT2D eigenvalue weighted by Gasteiger charge is 2.19. The zero-order valence-electron chi connectivity index (χ0n) is 15.8. The maximum atomic E-state index is 12.0. The van der Waals surface area contributed by atoms with Crippen molar-refractivity contribution < 1.29 is 14.3 Å². The van der Waals surface area contributed by atoms with Crippen molar-refractivity contribution in [2.45, 2.75) is 6.42 Å². The van der Waals surface area contributed by atoms with E-state index in [9.17, 15) is 4.79 Å². The van der Waals surface area contributed by atoms with Crippen LogP contribution in [0.5, 0.6) is 11.5 Å². The summed E-state index contributed by atoms with van der Waals surface area (Å²) in [6.07, 6.45) is 6.45. The van der Waals surface area contributed by atoms with E-state index in [-0.39, 0.29) is 5.91 Å². The van der Waals surface area contributed by atoms with Gasteiger partial charge in [-0.2, -0.15) is 0 Å². The van der Waals surface area contributed by atoms with E-state index in [0.717, 1.165) is 51.7 Å². The number of hydrogen-bond acceptors (Lipinski definition) is 4. The fourth-order valence-corrected chi connectivity index (χ4v) is 3.30. The van der Waals surface area contributed by atoms with Crippen LogP contribution in [0.25, 0.3) is 23.4 Å². The quantitative estimate of drug-likeness (QED) is 0.715. The molecule has 1 amide bonds. The van der Waals surface area contributed by atoms with Crippen LogP contribution in [-0.2, 0) is 6.42 Å². The van der Waals surface area contributed by atoms with Crippen molar-refractivity contribution in [3.05, 3.63) is 65.1 Å². The molecule has 142 valence electrons. The summed E-state index contributed by atoms with van der Waals surface area (Å²) in [6.45, 7) is 0.665. The first kappa shape index (κ1) is 17.9. The number of aromatic nitrogens is 2. The fourth-order valence-electron chi connectivity index (χ4n) is 3.30. The molecule has 0 bridgehead atoms. The van der Waals surface area contributed by atoms with Gasteiger partial charge in [0.05, 0.1) is 25.5 Å². The molecular formula is C22H21N3O3. The number of ether oxygens (including phenoxy) is 2. The summed E-state index contributed by atoms with van der Waals surface area (Å²) in [5.74, 6) is 1.50. The van der Waals surface area contributed by atoms with E-state index in [1.807, 2.05) is 48.6 Å². The predicted molar refractivity (Wildman–Crippen MR) is 109 cm³/mol. The summed E-state index contributed by atoms with van der Waals surface area (Å²) in [4.78, 5) is 19.8. The number of methoxy groups -OCH3 is 2. The molecule has 0 aliphatic carbocycles. The van der Waals surface area contributed by atoms with Crippen LogP contribution < -0.4 is 14.8 Å². The van der Waals surface area contributed by atoms with E-state index in [2.05, 4.69) is 15.3 Å². The molecular weight excluding hydrogens is 354 g/mol. The molecule has 0 atom stereocenters. The van der Waals surface area contributed by atoms with Crippen molar-refractivity contribution in [2.75, 3.05) is 20.8 Å². The predicted octanol–water partition coefficient (Wildman–Crippen LogP) is 3.55. The van der Waals surface area contributed by atoms with Gasteiger partial charge in [0.2, 0.25) is 0 Å². The van der Waals surface area contributed by atoms with Crippen LogP contribution in [-0.4, -0.2) is 36.6 Å². The first-order valence-corrected chi connectivity index (χ1v) is 9.04. The maximum Gasteiger partial charge on any atom is 0.253 e. The van der Waals surface area contributed by atoms with Crippen molar-refractivity contribution in [3.63, 3.8) is 0 Å². The average Bonchev–Trinajstić information content (AvgIpc) is 3.18. The SMILES string of the molecule is COc1ccc(OC)c(/C=C/c2cc(-c3cc4c([nH]3)CCNC4=O)ccn2)c1. The second-order valence-electron chi connectivity index (χ2n) is 6.49. The van der Waals surface area contributed by atoms with Gasteiger partial charge in [-0.15, -0.1) is 0 Å². The largest absolute Gasteiger partial charge is 0.497 e. The molecule has 0 radical (unpaired) electrons. The number of rotatable bonds is 5. The third kappa shape index (κ3) is 3.49. The van der Waals surface area contributed by atoms with Gasteiger partial charge >= 0.3 is 0 Å². The Labute approximate surface area is 163 Å². The molecule has 2 aromatic heterocycles. The highest BCUT2D eigenvalue weighted by molar-refractivity contribution is 5.97. The molecule has 0 saturated carbocycles. The molecule has 4 rings (SSSR count). The van der Waals surface area contributed by atoms with Crippen LogP contribution in [0.1, 0.15) is 27.3 Å². The Morgan fingerprint density at radius 1 is 1.07 bits per heavy atom. The molecule has 6 nitrogen and oxygen atoms in total. The van der Waals surface area contributed by atoms with E-state index in [4.69, 9.17) is 9.47 Å². The van der Waals surface area contributed by atoms with Crippen LogP contribution in [0, 0.1) is 0 Å². The molecule has 28 heavy (non-hydrogen) atoms. The van der Waals surface area contributed by atoms with Gasteiger partial charge in [-0.05, 0) is 48.6 Å². The molecule has 1 aromatic carbocycles. The van der Waals surface area contributed by atoms with E-state index >= 15 is 0 Å². The monoisotopic (exact) mass is 375 g/mol.